The maximum atomic E-state index is 10.4. The number of phenolic OH excluding ortho intramolecular Hbond substituents is 1. The summed E-state index contributed by atoms with van der Waals surface area (Å²) >= 11 is 0. The van der Waals surface area contributed by atoms with Crippen LogP contribution in [0.1, 0.15) is 33.7 Å². The van der Waals surface area contributed by atoms with Crippen molar-refractivity contribution in [1.82, 2.24) is 0 Å². The van der Waals surface area contributed by atoms with Crippen molar-refractivity contribution in [1.29, 1.82) is 0 Å². The Labute approximate surface area is 125 Å². The van der Waals surface area contributed by atoms with Crippen LogP contribution in [0, 0.1) is 13.8 Å². The van der Waals surface area contributed by atoms with E-state index in [9.17, 15) is 5.11 Å². The Bertz CT molecular complexity index is 696. The topological polar surface area (TPSA) is 29.5 Å². The Balaban J connectivity index is 1.92. The highest BCUT2D eigenvalue weighted by Gasteiger charge is 2.24. The molecule has 3 rings (SSSR count). The average Bonchev–Trinajstić information content (AvgIpc) is 2.90. The Kier molecular flexibility index (Phi) is 3.46. The monoisotopic (exact) mass is 280 g/mol. The number of ether oxygens (including phenoxy) is 1. The van der Waals surface area contributed by atoms with Crippen molar-refractivity contribution in [3.05, 3.63) is 64.2 Å². The maximum Gasteiger partial charge on any atom is 0.122 e. The first-order valence-electron chi connectivity index (χ1n) is 7.24. The van der Waals surface area contributed by atoms with Gasteiger partial charge in [-0.15, -0.1) is 0 Å². The lowest BCUT2D eigenvalue weighted by Gasteiger charge is -2.16. The van der Waals surface area contributed by atoms with Gasteiger partial charge in [-0.1, -0.05) is 30.4 Å². The standard InChI is InChI=1S/C19H20O2/c1-12-10-13(2)19(20)18-15(6-9-17(12)18)11-14-4-7-16(21-3)8-5-14/h4-10,15,20H,11H2,1-3H3. The van der Waals surface area contributed by atoms with Crippen LogP contribution in [0.3, 0.4) is 0 Å². The number of methoxy groups -OCH3 is 1. The van der Waals surface area contributed by atoms with Crippen molar-refractivity contribution in [3.8, 4) is 11.5 Å². The van der Waals surface area contributed by atoms with E-state index < -0.39 is 0 Å². The minimum atomic E-state index is 0.243. The van der Waals surface area contributed by atoms with E-state index >= 15 is 0 Å². The van der Waals surface area contributed by atoms with Crippen LogP contribution in [0.2, 0.25) is 0 Å². The number of hydrogen-bond acceptors (Lipinski definition) is 2. The van der Waals surface area contributed by atoms with E-state index in [1.54, 1.807) is 7.11 Å². The Hall–Kier alpha value is -2.22. The van der Waals surface area contributed by atoms with Crippen LogP contribution < -0.4 is 4.74 Å². The number of hydrogen-bond donors (Lipinski definition) is 1. The lowest BCUT2D eigenvalue weighted by Crippen LogP contribution is -2.01. The number of allylic oxidation sites excluding steroid dienone is 1. The summed E-state index contributed by atoms with van der Waals surface area (Å²) in [5.41, 5.74) is 5.68. The van der Waals surface area contributed by atoms with E-state index in [-0.39, 0.29) is 5.92 Å². The Morgan fingerprint density at radius 2 is 1.81 bits per heavy atom. The molecular weight excluding hydrogens is 260 g/mol. The predicted molar refractivity (Wildman–Crippen MR) is 86.1 cm³/mol. The molecule has 0 saturated carbocycles. The molecule has 108 valence electrons. The summed E-state index contributed by atoms with van der Waals surface area (Å²) in [7, 11) is 1.68. The fourth-order valence-corrected chi connectivity index (χ4v) is 3.11. The van der Waals surface area contributed by atoms with Gasteiger partial charge in [0.1, 0.15) is 11.5 Å². The van der Waals surface area contributed by atoms with Gasteiger partial charge in [0.2, 0.25) is 0 Å². The van der Waals surface area contributed by atoms with Gasteiger partial charge in [0.15, 0.2) is 0 Å². The molecule has 1 N–H and O–H groups in total. The summed E-state index contributed by atoms with van der Waals surface area (Å²) in [6, 6.07) is 10.2. The van der Waals surface area contributed by atoms with E-state index in [2.05, 4.69) is 31.2 Å². The van der Waals surface area contributed by atoms with Crippen LogP contribution in [-0.2, 0) is 6.42 Å². The van der Waals surface area contributed by atoms with Crippen LogP contribution in [0.25, 0.3) is 6.08 Å². The first-order valence-corrected chi connectivity index (χ1v) is 7.24. The van der Waals surface area contributed by atoms with Gasteiger partial charge in [-0.05, 0) is 54.7 Å². The van der Waals surface area contributed by atoms with Crippen molar-refractivity contribution in [2.24, 2.45) is 0 Å². The molecule has 0 spiro atoms. The normalized spacial score (nSPS) is 16.0. The summed E-state index contributed by atoms with van der Waals surface area (Å²) in [6.07, 6.45) is 5.23. The number of rotatable bonds is 3. The van der Waals surface area contributed by atoms with Gasteiger partial charge in [0.25, 0.3) is 0 Å². The van der Waals surface area contributed by atoms with E-state index in [1.165, 1.54) is 16.7 Å². The van der Waals surface area contributed by atoms with Crippen molar-refractivity contribution in [2.45, 2.75) is 26.2 Å². The van der Waals surface area contributed by atoms with Gasteiger partial charge in [-0.2, -0.15) is 0 Å². The van der Waals surface area contributed by atoms with Crippen LogP contribution in [-0.4, -0.2) is 12.2 Å². The van der Waals surface area contributed by atoms with E-state index in [1.807, 2.05) is 25.1 Å². The molecule has 0 saturated heterocycles. The average molecular weight is 280 g/mol. The van der Waals surface area contributed by atoms with Crippen LogP contribution in [0.15, 0.2) is 36.4 Å². The molecule has 0 heterocycles. The van der Waals surface area contributed by atoms with Crippen molar-refractivity contribution in [2.75, 3.05) is 7.11 Å². The highest BCUT2D eigenvalue weighted by molar-refractivity contribution is 5.70. The van der Waals surface area contributed by atoms with Gasteiger partial charge >= 0.3 is 0 Å². The maximum absolute atomic E-state index is 10.4. The van der Waals surface area contributed by atoms with Gasteiger partial charge in [0, 0.05) is 11.5 Å². The molecule has 1 aliphatic carbocycles. The second-order valence-electron chi connectivity index (χ2n) is 5.70. The number of fused-ring (bicyclic) bond motifs is 1. The second-order valence-corrected chi connectivity index (χ2v) is 5.70. The third-order valence-corrected chi connectivity index (χ3v) is 4.26. The lowest BCUT2D eigenvalue weighted by molar-refractivity contribution is 0.414. The zero-order valence-corrected chi connectivity index (χ0v) is 12.7. The second kappa shape index (κ2) is 5.28. The summed E-state index contributed by atoms with van der Waals surface area (Å²) < 4.78 is 5.19. The molecule has 0 fully saturated rings. The van der Waals surface area contributed by atoms with E-state index in [0.29, 0.717) is 5.75 Å². The van der Waals surface area contributed by atoms with Crippen molar-refractivity contribution < 1.29 is 9.84 Å². The summed E-state index contributed by atoms with van der Waals surface area (Å²) in [6.45, 7) is 4.07. The third-order valence-electron chi connectivity index (χ3n) is 4.26. The molecule has 0 aromatic heterocycles. The minimum Gasteiger partial charge on any atom is -0.507 e. The summed E-state index contributed by atoms with van der Waals surface area (Å²) in [4.78, 5) is 0. The van der Waals surface area contributed by atoms with Crippen LogP contribution in [0.5, 0.6) is 11.5 Å². The van der Waals surface area contributed by atoms with E-state index in [0.717, 1.165) is 23.3 Å². The number of phenols is 1. The summed E-state index contributed by atoms with van der Waals surface area (Å²) in [5, 5.41) is 10.4. The quantitative estimate of drug-likeness (QED) is 0.904. The molecule has 1 aliphatic rings. The van der Waals surface area contributed by atoms with Crippen LogP contribution >= 0.6 is 0 Å². The number of aromatic hydroxyl groups is 1. The van der Waals surface area contributed by atoms with Crippen molar-refractivity contribution >= 4 is 6.08 Å². The minimum absolute atomic E-state index is 0.243. The van der Waals surface area contributed by atoms with Gasteiger partial charge < -0.3 is 9.84 Å². The molecule has 0 bridgehead atoms. The smallest absolute Gasteiger partial charge is 0.122 e. The molecule has 0 radical (unpaired) electrons. The fourth-order valence-electron chi connectivity index (χ4n) is 3.11. The van der Waals surface area contributed by atoms with Gasteiger partial charge in [-0.25, -0.2) is 0 Å². The van der Waals surface area contributed by atoms with Crippen molar-refractivity contribution in [3.63, 3.8) is 0 Å². The third kappa shape index (κ3) is 2.42. The summed E-state index contributed by atoms with van der Waals surface area (Å²) in [5.74, 6) is 1.56. The zero-order chi connectivity index (χ0) is 15.0. The van der Waals surface area contributed by atoms with Gasteiger partial charge in [-0.3, -0.25) is 0 Å². The molecule has 2 heteroatoms. The largest absolute Gasteiger partial charge is 0.507 e. The molecule has 2 aromatic rings. The van der Waals surface area contributed by atoms with Gasteiger partial charge in [0.05, 0.1) is 7.11 Å². The molecule has 0 aliphatic heterocycles. The Morgan fingerprint density at radius 3 is 2.48 bits per heavy atom. The molecule has 21 heavy (non-hydrogen) atoms. The zero-order valence-electron chi connectivity index (χ0n) is 12.7. The first kappa shape index (κ1) is 13.7. The molecule has 2 nitrogen and oxygen atoms in total. The fraction of sp³-hybridized carbons (Fsp3) is 0.263. The number of aryl methyl sites for hydroxylation is 2. The number of benzene rings is 2. The highest BCUT2D eigenvalue weighted by atomic mass is 16.5. The predicted octanol–water partition coefficient (Wildman–Crippen LogP) is 4.37. The molecule has 1 atom stereocenters. The SMILES string of the molecule is COc1ccc(CC2C=Cc3c(C)cc(C)c(O)c32)cc1. The molecule has 1 unspecified atom stereocenters. The van der Waals surface area contributed by atoms with Crippen LogP contribution in [0.4, 0.5) is 0 Å². The Morgan fingerprint density at radius 1 is 1.10 bits per heavy atom. The molecule has 0 amide bonds. The lowest BCUT2D eigenvalue weighted by atomic mass is 9.90. The van der Waals surface area contributed by atoms with E-state index in [4.69, 9.17) is 4.74 Å². The highest BCUT2D eigenvalue weighted by Crippen LogP contribution is 2.42. The molecule has 2 aromatic carbocycles. The first-order chi connectivity index (χ1) is 10.1. The molecular formula is C19H20O2.